The number of halogens is 4. The number of hydrogen-bond acceptors (Lipinski definition) is 5. The number of alkyl halides is 3. The normalized spacial score (nSPS) is 17.6. The molecular weight excluding hydrogens is 461 g/mol. The van der Waals surface area contributed by atoms with E-state index in [1.165, 1.54) is 26.4 Å². The van der Waals surface area contributed by atoms with Crippen molar-refractivity contribution in [2.45, 2.75) is 24.7 Å². The molecular formula is C22H20ClF3N4O3. The molecule has 2 aromatic carbocycles. The van der Waals surface area contributed by atoms with E-state index in [0.717, 1.165) is 4.68 Å². The molecule has 0 saturated heterocycles. The van der Waals surface area contributed by atoms with Crippen LogP contribution in [0, 0.1) is 0 Å². The van der Waals surface area contributed by atoms with Gasteiger partial charge in [-0.1, -0.05) is 23.7 Å². The number of benzene rings is 2. The van der Waals surface area contributed by atoms with Gasteiger partial charge in [0.25, 0.3) is 5.91 Å². The number of aromatic nitrogens is 2. The summed E-state index contributed by atoms with van der Waals surface area (Å²) in [6, 6.07) is 10.2. The summed E-state index contributed by atoms with van der Waals surface area (Å²) in [5.41, 5.74) is 0.860. The van der Waals surface area contributed by atoms with E-state index in [2.05, 4.69) is 15.7 Å². The zero-order chi connectivity index (χ0) is 23.8. The topological polar surface area (TPSA) is 77.4 Å². The van der Waals surface area contributed by atoms with Crippen molar-refractivity contribution >= 4 is 29.0 Å². The maximum atomic E-state index is 13.9. The van der Waals surface area contributed by atoms with Gasteiger partial charge in [-0.2, -0.15) is 18.3 Å². The maximum absolute atomic E-state index is 13.9. The van der Waals surface area contributed by atoms with Crippen LogP contribution < -0.4 is 20.1 Å². The highest BCUT2D eigenvalue weighted by Crippen LogP contribution is 2.43. The number of ether oxygens (including phenoxy) is 2. The number of nitrogens with zero attached hydrogens (tertiary/aromatic N) is 2. The van der Waals surface area contributed by atoms with Crippen LogP contribution in [0.2, 0.25) is 5.02 Å². The SMILES string of the molecule is COc1ccc([C@H]2C[C@H](C(F)(F)F)n3nc(C(=O)Nc4ccc(OC)c(Cl)c4)cc3N2)cc1. The average molecular weight is 481 g/mol. The number of carbonyl (C=O) groups excluding carboxylic acids is 1. The van der Waals surface area contributed by atoms with Crippen LogP contribution in [0.1, 0.15) is 34.6 Å². The van der Waals surface area contributed by atoms with Crippen molar-refractivity contribution in [3.63, 3.8) is 0 Å². The Labute approximate surface area is 192 Å². The van der Waals surface area contributed by atoms with E-state index >= 15 is 0 Å². The Hall–Kier alpha value is -3.40. The smallest absolute Gasteiger partial charge is 0.410 e. The number of anilines is 2. The Morgan fingerprint density at radius 1 is 1.15 bits per heavy atom. The molecule has 1 aliphatic rings. The number of rotatable bonds is 5. The molecule has 0 aliphatic carbocycles. The van der Waals surface area contributed by atoms with Gasteiger partial charge in [0, 0.05) is 18.2 Å². The highest BCUT2D eigenvalue weighted by molar-refractivity contribution is 6.32. The van der Waals surface area contributed by atoms with E-state index in [0.29, 0.717) is 22.7 Å². The van der Waals surface area contributed by atoms with Crippen molar-refractivity contribution in [1.29, 1.82) is 0 Å². The minimum Gasteiger partial charge on any atom is -0.497 e. The summed E-state index contributed by atoms with van der Waals surface area (Å²) < 4.78 is 52.6. The van der Waals surface area contributed by atoms with Gasteiger partial charge in [0.1, 0.15) is 17.3 Å². The number of nitrogens with one attached hydrogen (secondary N) is 2. The third-order valence-corrected chi connectivity index (χ3v) is 5.65. The first kappa shape index (κ1) is 22.8. The fourth-order valence-corrected chi connectivity index (χ4v) is 3.94. The van der Waals surface area contributed by atoms with Gasteiger partial charge in [-0.3, -0.25) is 4.79 Å². The fraction of sp³-hybridized carbons (Fsp3) is 0.273. The van der Waals surface area contributed by atoms with Crippen LogP contribution in [0.5, 0.6) is 11.5 Å². The predicted molar refractivity (Wildman–Crippen MR) is 117 cm³/mol. The Morgan fingerprint density at radius 3 is 2.48 bits per heavy atom. The summed E-state index contributed by atoms with van der Waals surface area (Å²) >= 11 is 6.07. The van der Waals surface area contributed by atoms with E-state index in [9.17, 15) is 18.0 Å². The lowest BCUT2D eigenvalue weighted by atomic mass is 9.97. The third kappa shape index (κ3) is 4.70. The minimum absolute atomic E-state index is 0.0994. The maximum Gasteiger partial charge on any atom is 0.410 e. The van der Waals surface area contributed by atoms with Crippen molar-refractivity contribution in [2.75, 3.05) is 24.9 Å². The Kier molecular flexibility index (Phi) is 6.11. The van der Waals surface area contributed by atoms with Crippen molar-refractivity contribution in [1.82, 2.24) is 9.78 Å². The van der Waals surface area contributed by atoms with E-state index in [-0.39, 0.29) is 23.0 Å². The lowest BCUT2D eigenvalue weighted by molar-refractivity contribution is -0.173. The van der Waals surface area contributed by atoms with Gasteiger partial charge in [0.15, 0.2) is 11.7 Å². The average Bonchev–Trinajstić information content (AvgIpc) is 3.22. The second-order valence-electron chi connectivity index (χ2n) is 7.43. The second kappa shape index (κ2) is 8.86. The summed E-state index contributed by atoms with van der Waals surface area (Å²) in [6.45, 7) is 0. The molecule has 4 rings (SSSR count). The highest BCUT2D eigenvalue weighted by atomic mass is 35.5. The molecule has 33 heavy (non-hydrogen) atoms. The van der Waals surface area contributed by atoms with Crippen molar-refractivity contribution in [3.05, 3.63) is 64.8 Å². The standard InChI is InChI=1S/C22H20ClF3N4O3/c1-32-14-6-3-12(4-7-14)16-10-19(22(24,25)26)30-20(28-16)11-17(29-30)21(31)27-13-5-8-18(33-2)15(23)9-13/h3-9,11,16,19,28H,10H2,1-2H3,(H,27,31)/t16-,19-/m1/s1. The number of fused-ring (bicyclic) bond motifs is 1. The van der Waals surface area contributed by atoms with Crippen LogP contribution in [0.15, 0.2) is 48.5 Å². The molecule has 0 saturated carbocycles. The molecule has 174 valence electrons. The molecule has 11 heteroatoms. The quantitative estimate of drug-likeness (QED) is 0.506. The molecule has 2 heterocycles. The largest absolute Gasteiger partial charge is 0.497 e. The number of carbonyl (C=O) groups is 1. The van der Waals surface area contributed by atoms with Gasteiger partial charge in [-0.05, 0) is 35.9 Å². The molecule has 0 fully saturated rings. The van der Waals surface area contributed by atoms with E-state index in [4.69, 9.17) is 21.1 Å². The number of amides is 1. The molecule has 2 N–H and O–H groups in total. The Bertz CT molecular complexity index is 1160. The Balaban J connectivity index is 1.61. The first-order valence-corrected chi connectivity index (χ1v) is 10.3. The molecule has 0 spiro atoms. The molecule has 0 unspecified atom stereocenters. The summed E-state index contributed by atoms with van der Waals surface area (Å²) in [6.07, 6.45) is -4.83. The molecule has 1 aromatic heterocycles. The second-order valence-corrected chi connectivity index (χ2v) is 7.83. The minimum atomic E-state index is -4.55. The molecule has 3 aromatic rings. The molecule has 7 nitrogen and oxygen atoms in total. The highest BCUT2D eigenvalue weighted by Gasteiger charge is 2.46. The van der Waals surface area contributed by atoms with Gasteiger partial charge in [0.05, 0.1) is 25.3 Å². The predicted octanol–water partition coefficient (Wildman–Crippen LogP) is 5.47. The first-order valence-electron chi connectivity index (χ1n) is 9.91. The van der Waals surface area contributed by atoms with Gasteiger partial charge in [-0.15, -0.1) is 0 Å². The number of hydrogen-bond donors (Lipinski definition) is 2. The molecule has 1 amide bonds. The molecule has 2 atom stereocenters. The summed E-state index contributed by atoms with van der Waals surface area (Å²) in [7, 11) is 2.97. The lowest BCUT2D eigenvalue weighted by Crippen LogP contribution is -2.35. The molecule has 0 bridgehead atoms. The van der Waals surface area contributed by atoms with Crippen molar-refractivity contribution in [2.24, 2.45) is 0 Å². The molecule has 1 aliphatic heterocycles. The van der Waals surface area contributed by atoms with Gasteiger partial charge in [-0.25, -0.2) is 4.68 Å². The van der Waals surface area contributed by atoms with E-state index < -0.39 is 24.2 Å². The Morgan fingerprint density at radius 2 is 1.88 bits per heavy atom. The summed E-state index contributed by atoms with van der Waals surface area (Å²) in [4.78, 5) is 12.7. The number of methoxy groups -OCH3 is 2. The van der Waals surface area contributed by atoms with Crippen LogP contribution in [-0.4, -0.2) is 36.1 Å². The summed E-state index contributed by atoms with van der Waals surface area (Å²) in [5, 5.41) is 9.88. The fourth-order valence-electron chi connectivity index (χ4n) is 3.68. The lowest BCUT2D eigenvalue weighted by Gasteiger charge is -2.33. The summed E-state index contributed by atoms with van der Waals surface area (Å²) in [5.74, 6) is 0.461. The monoisotopic (exact) mass is 480 g/mol. The van der Waals surface area contributed by atoms with E-state index in [1.807, 2.05) is 0 Å². The first-order chi connectivity index (χ1) is 15.7. The van der Waals surface area contributed by atoms with Crippen LogP contribution in [0.4, 0.5) is 24.7 Å². The van der Waals surface area contributed by atoms with Crippen molar-refractivity contribution in [3.8, 4) is 11.5 Å². The van der Waals surface area contributed by atoms with Gasteiger partial charge in [0.2, 0.25) is 0 Å². The molecule has 0 radical (unpaired) electrons. The van der Waals surface area contributed by atoms with Crippen LogP contribution >= 0.6 is 11.6 Å². The third-order valence-electron chi connectivity index (χ3n) is 5.35. The van der Waals surface area contributed by atoms with E-state index in [1.54, 1.807) is 36.4 Å². The van der Waals surface area contributed by atoms with Gasteiger partial charge < -0.3 is 20.1 Å². The van der Waals surface area contributed by atoms with Crippen LogP contribution in [0.25, 0.3) is 0 Å². The zero-order valence-corrected chi connectivity index (χ0v) is 18.4. The van der Waals surface area contributed by atoms with Crippen LogP contribution in [0.3, 0.4) is 0 Å². The van der Waals surface area contributed by atoms with Crippen molar-refractivity contribution < 1.29 is 27.4 Å². The van der Waals surface area contributed by atoms with Gasteiger partial charge >= 0.3 is 6.18 Å². The van der Waals surface area contributed by atoms with Crippen LogP contribution in [-0.2, 0) is 0 Å². The zero-order valence-electron chi connectivity index (χ0n) is 17.6.